The first-order valence-electron chi connectivity index (χ1n) is 1.25. The second kappa shape index (κ2) is 5.53. The second-order valence-electron chi connectivity index (χ2n) is 0.620. The van der Waals surface area contributed by atoms with E-state index in [0.29, 0.717) is 0 Å². The Morgan fingerprint density at radius 2 is 1.50 bits per heavy atom. The number of rotatable bonds is 0. The van der Waals surface area contributed by atoms with Crippen LogP contribution in [0.4, 0.5) is 0 Å². The monoisotopic (exact) mass is 229 g/mol. The molecule has 0 heterocycles. The molecule has 0 amide bonds. The predicted molar refractivity (Wildman–Crippen MR) is 20.4 cm³/mol. The van der Waals surface area contributed by atoms with Crippen molar-refractivity contribution in [1.29, 1.82) is 0 Å². The SMILES string of the molecule is O=[PH2]O.[NH2][Mo](=[O])(=[O])[OH]. The molecule has 0 saturated carbocycles. The van der Waals surface area contributed by atoms with E-state index in [-0.39, 0.29) is 0 Å². The van der Waals surface area contributed by atoms with Gasteiger partial charge in [0.25, 0.3) is 0 Å². The minimum absolute atomic E-state index is 1.50. The summed E-state index contributed by atoms with van der Waals surface area (Å²) in [4.78, 5) is 7.10. The summed E-state index contributed by atoms with van der Waals surface area (Å²) in [5.74, 6) is 0. The first kappa shape index (κ1) is 11.2. The molecule has 0 radical (unpaired) electrons. The van der Waals surface area contributed by atoms with E-state index in [2.05, 4.69) is 4.29 Å². The molecule has 0 aliphatic carbocycles. The zero-order valence-electron chi connectivity index (χ0n) is 3.68. The molecule has 1 unspecified atom stereocenters. The van der Waals surface area contributed by atoms with Crippen LogP contribution in [0.15, 0.2) is 0 Å². The Hall–Kier alpha value is 0.398. The zero-order valence-corrected chi connectivity index (χ0v) is 6.84. The minimum atomic E-state index is -5.02. The molecule has 0 aromatic heterocycles. The van der Waals surface area contributed by atoms with Gasteiger partial charge in [-0.25, -0.2) is 0 Å². The van der Waals surface area contributed by atoms with Crippen LogP contribution in [0.2, 0.25) is 0 Å². The molecular formula is H6MoNO5P. The van der Waals surface area contributed by atoms with Crippen LogP contribution < -0.4 is 4.29 Å². The van der Waals surface area contributed by atoms with Crippen molar-refractivity contribution in [1.82, 2.24) is 0 Å². The van der Waals surface area contributed by atoms with Crippen LogP contribution in [0.1, 0.15) is 0 Å². The van der Waals surface area contributed by atoms with E-state index in [1.54, 1.807) is 0 Å². The van der Waals surface area contributed by atoms with Gasteiger partial charge >= 0.3 is 31.5 Å². The van der Waals surface area contributed by atoms with Gasteiger partial charge < -0.3 is 4.89 Å². The second-order valence-corrected chi connectivity index (χ2v) is 3.36. The van der Waals surface area contributed by atoms with E-state index in [1.807, 2.05) is 0 Å². The Labute approximate surface area is 50.2 Å². The molecule has 8 heavy (non-hydrogen) atoms. The summed E-state index contributed by atoms with van der Waals surface area (Å²) in [6, 6.07) is 0. The van der Waals surface area contributed by atoms with Gasteiger partial charge in [-0.3, -0.25) is 4.57 Å². The molecule has 0 rings (SSSR count). The fraction of sp³-hybridized carbons (Fsp3) is 0. The van der Waals surface area contributed by atoms with E-state index in [9.17, 15) is 0 Å². The average molecular weight is 227 g/mol. The fourth-order valence-electron chi connectivity index (χ4n) is 0. The molecule has 1 atom stereocenters. The van der Waals surface area contributed by atoms with Crippen molar-refractivity contribution in [3.63, 3.8) is 0 Å². The van der Waals surface area contributed by atoms with Crippen molar-refractivity contribution in [3.05, 3.63) is 0 Å². The van der Waals surface area contributed by atoms with Gasteiger partial charge in [-0.15, -0.1) is 0 Å². The van der Waals surface area contributed by atoms with Gasteiger partial charge in [0, 0.05) is 0 Å². The van der Waals surface area contributed by atoms with Gasteiger partial charge in [0.2, 0.25) is 0 Å². The quantitative estimate of drug-likeness (QED) is 0.334. The van der Waals surface area contributed by atoms with Gasteiger partial charge in [0.1, 0.15) is 0 Å². The molecule has 4 N–H and O–H groups in total. The van der Waals surface area contributed by atoms with Crippen LogP contribution in [0.3, 0.4) is 0 Å². The summed E-state index contributed by atoms with van der Waals surface area (Å²) in [5, 5.41) is 0. The van der Waals surface area contributed by atoms with Gasteiger partial charge in [0.15, 0.2) is 8.69 Å². The van der Waals surface area contributed by atoms with Crippen LogP contribution in [0.25, 0.3) is 0 Å². The molecule has 52 valence electrons. The molecular weight excluding hydrogens is 221 g/mol. The molecule has 0 aliphatic rings. The van der Waals surface area contributed by atoms with Crippen molar-refractivity contribution in [3.8, 4) is 0 Å². The predicted octanol–water partition coefficient (Wildman–Crippen LogP) is -1.74. The molecule has 0 fully saturated rings. The van der Waals surface area contributed by atoms with Crippen LogP contribution in [0, 0.1) is 0 Å². The van der Waals surface area contributed by atoms with Crippen molar-refractivity contribution >= 4 is 8.69 Å². The van der Waals surface area contributed by atoms with Crippen molar-refractivity contribution in [2.45, 2.75) is 0 Å². The molecule has 0 aliphatic heterocycles. The van der Waals surface area contributed by atoms with Crippen LogP contribution in [0.5, 0.6) is 0 Å². The van der Waals surface area contributed by atoms with E-state index >= 15 is 0 Å². The third-order valence-electron chi connectivity index (χ3n) is 0. The summed E-state index contributed by atoms with van der Waals surface area (Å²) in [6.45, 7) is 0. The van der Waals surface area contributed by atoms with Crippen LogP contribution in [-0.2, 0) is 28.0 Å². The van der Waals surface area contributed by atoms with Crippen molar-refractivity contribution in [2.75, 3.05) is 0 Å². The van der Waals surface area contributed by atoms with Crippen molar-refractivity contribution in [2.24, 2.45) is 4.29 Å². The normalized spacial score (nSPS) is 10.9. The van der Waals surface area contributed by atoms with Crippen LogP contribution >= 0.6 is 8.69 Å². The van der Waals surface area contributed by atoms with Gasteiger partial charge in [0.05, 0.1) is 0 Å². The fourth-order valence-corrected chi connectivity index (χ4v) is 0. The first-order chi connectivity index (χ1) is 3.41. The summed E-state index contributed by atoms with van der Waals surface area (Å²) >= 11 is -5.02. The average Bonchev–Trinajstić information content (AvgIpc) is 1.27. The number of hydrogen-bond acceptors (Lipinski definition) is 3. The molecule has 8 heteroatoms. The van der Waals surface area contributed by atoms with E-state index in [1.165, 1.54) is 0 Å². The summed E-state index contributed by atoms with van der Waals surface area (Å²) in [7, 11) is -1.50. The summed E-state index contributed by atoms with van der Waals surface area (Å²) in [5.41, 5.74) is 0. The molecule has 0 aromatic carbocycles. The Balaban J connectivity index is 0. The molecule has 0 saturated heterocycles. The topological polar surface area (TPSA) is 118 Å². The zero-order chi connectivity index (χ0) is 7.21. The maximum absolute atomic E-state index is 9.07. The van der Waals surface area contributed by atoms with Gasteiger partial charge in [-0.05, 0) is 0 Å². The Bertz CT molecular complexity index is 127. The summed E-state index contributed by atoms with van der Waals surface area (Å²) < 4.78 is 38.1. The van der Waals surface area contributed by atoms with E-state index in [4.69, 9.17) is 20.0 Å². The number of hydrogen-bond donors (Lipinski definition) is 3. The maximum atomic E-state index is 9.07. The Kier molecular flexibility index (Phi) is 7.77. The molecule has 0 spiro atoms. The number of nitrogens with two attached hydrogens (primary N) is 1. The van der Waals surface area contributed by atoms with E-state index in [0.717, 1.165) is 0 Å². The summed E-state index contributed by atoms with van der Waals surface area (Å²) in [6.07, 6.45) is 0. The molecule has 6 nitrogen and oxygen atoms in total. The van der Waals surface area contributed by atoms with Gasteiger partial charge in [-0.1, -0.05) is 0 Å². The third-order valence-corrected chi connectivity index (χ3v) is 0. The molecule has 0 aromatic rings. The molecule has 0 bridgehead atoms. The Morgan fingerprint density at radius 3 is 1.50 bits per heavy atom. The van der Waals surface area contributed by atoms with Crippen LogP contribution in [-0.4, -0.2) is 8.65 Å². The standard InChI is InChI=1S/Mo.H2N.H3O2P.H2O.2O/c;;1-3-2;;;/h;1H2;3H2,(H,1,2);1H2;;/q+2;-1;;;;/p-1. The van der Waals surface area contributed by atoms with Crippen molar-refractivity contribution < 1.29 is 36.6 Å². The van der Waals surface area contributed by atoms with Gasteiger partial charge in [-0.2, -0.15) is 0 Å². The first-order valence-corrected chi connectivity index (χ1v) is 5.93. The third kappa shape index (κ3) is 1180. The Morgan fingerprint density at radius 1 is 1.50 bits per heavy atom. The van der Waals surface area contributed by atoms with E-state index < -0.39 is 25.3 Å².